The molecule has 1 amide bonds. The second-order valence-corrected chi connectivity index (χ2v) is 19.9. The molecule has 2 N–H and O–H groups in total. The van der Waals surface area contributed by atoms with Crippen molar-refractivity contribution in [3.8, 4) is 22.8 Å². The third kappa shape index (κ3) is 8.63. The number of carbonyl (C=O) groups excluding carboxylic acids is 1. The van der Waals surface area contributed by atoms with Gasteiger partial charge in [0.15, 0.2) is 11.6 Å². The van der Waals surface area contributed by atoms with Crippen LogP contribution in [0.4, 0.5) is 47.2 Å². The summed E-state index contributed by atoms with van der Waals surface area (Å²) in [5.74, 6) is -5.08. The standard InChI is InChI=1S/C51H54F7N5O4/c1-28(35-12-8-18-59-44(35)62-46(64)67-47(3,4)5)34-11-7-10-31-20-38(43-40(51(56,57)58)29(2)41(52)45(61-43)60-23-30-13-15-32(65-6)16-14-30)42(53)37-22-33(21-36(34)39(31)37)66-27-49-17-9-19-63(49)26-48(24-49)25-50(48,54)55/h8,12-16,18,20-22,28,34H,7,9-11,17,19,23-27H2,1-6H3,(H,60,61)(H,59,62,64)/t28-,34?,48-,49+/m1/s1. The van der Waals surface area contributed by atoms with Crippen molar-refractivity contribution in [1.29, 1.82) is 0 Å². The van der Waals surface area contributed by atoms with Gasteiger partial charge in [-0.05, 0) is 149 Å². The maximum Gasteiger partial charge on any atom is 0.418 e. The molecule has 4 atom stereocenters. The van der Waals surface area contributed by atoms with Crippen LogP contribution in [0.25, 0.3) is 22.0 Å². The predicted octanol–water partition coefficient (Wildman–Crippen LogP) is 12.7. The average molecular weight is 934 g/mol. The maximum atomic E-state index is 17.8. The van der Waals surface area contributed by atoms with Crippen LogP contribution < -0.4 is 20.1 Å². The van der Waals surface area contributed by atoms with Gasteiger partial charge in [0.2, 0.25) is 0 Å². The number of nitrogens with zero attached hydrogens (tertiary/aromatic N) is 3. The minimum absolute atomic E-state index is 0.00311. The summed E-state index contributed by atoms with van der Waals surface area (Å²) in [5.41, 5.74) is -3.32. The number of methoxy groups -OCH3 is 1. The number of amides is 1. The fraction of sp³-hybridized carbons (Fsp3) is 0.471. The number of ether oxygens (including phenoxy) is 3. The first-order chi connectivity index (χ1) is 31.6. The van der Waals surface area contributed by atoms with E-state index in [1.165, 1.54) is 19.2 Å². The topological polar surface area (TPSA) is 97.8 Å². The summed E-state index contributed by atoms with van der Waals surface area (Å²) in [6.07, 6.45) is -1.29. The molecule has 16 heteroatoms. The van der Waals surface area contributed by atoms with Gasteiger partial charge in [-0.1, -0.05) is 25.1 Å². The second kappa shape index (κ2) is 16.8. The molecule has 4 heterocycles. The number of anilines is 2. The highest BCUT2D eigenvalue weighted by atomic mass is 19.4. The zero-order chi connectivity index (χ0) is 47.8. The van der Waals surface area contributed by atoms with Crippen molar-refractivity contribution in [3.05, 3.63) is 106 Å². The van der Waals surface area contributed by atoms with E-state index < -0.39 is 74.6 Å². The van der Waals surface area contributed by atoms with Crippen molar-refractivity contribution < 1.29 is 49.7 Å². The molecule has 67 heavy (non-hydrogen) atoms. The molecule has 4 aliphatic rings. The highest BCUT2D eigenvalue weighted by Crippen LogP contribution is 2.69. The van der Waals surface area contributed by atoms with Crippen LogP contribution in [0.5, 0.6) is 11.5 Å². The Labute approximate surface area is 384 Å². The number of fused-ring (bicyclic) bond motifs is 1. The SMILES string of the molecule is COc1ccc(CNc2nc(-c3cc4c5c(cc(OC[C@@]67CCCN6C[C@]6(CC6(F)F)C7)cc5c3F)C([C@@H](C)c3cccnc3NC(=O)OC(C)(C)C)CCC4)c(C(F)(F)F)c(C)c2F)cc1. The zero-order valence-corrected chi connectivity index (χ0v) is 38.3. The fourth-order valence-corrected chi connectivity index (χ4v) is 11.0. The highest BCUT2D eigenvalue weighted by molar-refractivity contribution is 5.96. The highest BCUT2D eigenvalue weighted by Gasteiger charge is 2.77. The molecule has 1 unspecified atom stereocenters. The Balaban J connectivity index is 1.17. The van der Waals surface area contributed by atoms with Crippen LogP contribution in [0.15, 0.2) is 60.8 Å². The van der Waals surface area contributed by atoms with Crippen LogP contribution in [0.3, 0.4) is 0 Å². The van der Waals surface area contributed by atoms with E-state index in [9.17, 15) is 13.6 Å². The number of benzene rings is 3. The second-order valence-electron chi connectivity index (χ2n) is 19.9. The maximum absolute atomic E-state index is 17.8. The number of carbonyl (C=O) groups is 1. The van der Waals surface area contributed by atoms with Gasteiger partial charge in [0.05, 0.1) is 29.3 Å². The molecule has 2 aliphatic heterocycles. The smallest absolute Gasteiger partial charge is 0.418 e. The largest absolute Gasteiger partial charge is 0.497 e. The number of rotatable bonds is 11. The Kier molecular flexibility index (Phi) is 11.7. The van der Waals surface area contributed by atoms with Crippen molar-refractivity contribution in [2.45, 2.75) is 121 Å². The molecule has 356 valence electrons. The van der Waals surface area contributed by atoms with Crippen LogP contribution >= 0.6 is 0 Å². The molecule has 2 saturated heterocycles. The van der Waals surface area contributed by atoms with E-state index in [2.05, 4.69) is 25.5 Å². The number of halogens is 7. The van der Waals surface area contributed by atoms with E-state index in [1.54, 1.807) is 57.3 Å². The fourth-order valence-electron chi connectivity index (χ4n) is 11.0. The molecule has 3 aromatic carbocycles. The van der Waals surface area contributed by atoms with E-state index in [-0.39, 0.29) is 61.3 Å². The number of aromatic nitrogens is 2. The summed E-state index contributed by atoms with van der Waals surface area (Å²) < 4.78 is 126. The van der Waals surface area contributed by atoms with Crippen LogP contribution in [-0.2, 0) is 23.9 Å². The number of pyridine rings is 2. The van der Waals surface area contributed by atoms with Crippen LogP contribution in [0.2, 0.25) is 0 Å². The molecule has 1 saturated carbocycles. The quantitative estimate of drug-likeness (QED) is 0.126. The summed E-state index contributed by atoms with van der Waals surface area (Å²) in [4.78, 5) is 23.8. The summed E-state index contributed by atoms with van der Waals surface area (Å²) >= 11 is 0. The van der Waals surface area contributed by atoms with Gasteiger partial charge in [-0.3, -0.25) is 10.2 Å². The number of alkyl halides is 5. The van der Waals surface area contributed by atoms with Gasteiger partial charge in [0, 0.05) is 42.2 Å². The number of aryl methyl sites for hydroxylation is 1. The summed E-state index contributed by atoms with van der Waals surface area (Å²) in [7, 11) is 1.51. The summed E-state index contributed by atoms with van der Waals surface area (Å²) in [6, 6.07) is 15.1. The Morgan fingerprint density at radius 2 is 1.73 bits per heavy atom. The minimum atomic E-state index is -5.12. The molecule has 0 bridgehead atoms. The van der Waals surface area contributed by atoms with Crippen molar-refractivity contribution >= 4 is 28.5 Å². The lowest BCUT2D eigenvalue weighted by Crippen LogP contribution is -2.43. The third-order valence-electron chi connectivity index (χ3n) is 14.3. The number of hydrogen-bond acceptors (Lipinski definition) is 8. The van der Waals surface area contributed by atoms with E-state index >= 15 is 22.0 Å². The van der Waals surface area contributed by atoms with Gasteiger partial charge in [-0.15, -0.1) is 0 Å². The van der Waals surface area contributed by atoms with Gasteiger partial charge in [-0.2, -0.15) is 13.2 Å². The molecule has 2 aliphatic carbocycles. The monoisotopic (exact) mass is 933 g/mol. The van der Waals surface area contributed by atoms with Gasteiger partial charge in [0.25, 0.3) is 5.92 Å². The molecule has 5 aromatic rings. The zero-order valence-electron chi connectivity index (χ0n) is 38.3. The predicted molar refractivity (Wildman–Crippen MR) is 241 cm³/mol. The number of nitrogens with one attached hydrogen (secondary N) is 2. The molecule has 1 spiro atoms. The summed E-state index contributed by atoms with van der Waals surface area (Å²) in [6.45, 7) is 9.18. The van der Waals surface area contributed by atoms with Gasteiger partial charge < -0.3 is 19.5 Å². The minimum Gasteiger partial charge on any atom is -0.497 e. The molecule has 3 fully saturated rings. The molecule has 0 radical (unpaired) electrons. The Bertz CT molecular complexity index is 2740. The molecule has 2 aromatic heterocycles. The lowest BCUT2D eigenvalue weighted by atomic mass is 9.79. The average Bonchev–Trinajstić information content (AvgIpc) is 3.46. The first-order valence-corrected chi connectivity index (χ1v) is 22.8. The first kappa shape index (κ1) is 46.5. The van der Waals surface area contributed by atoms with Crippen LogP contribution in [0, 0.1) is 24.0 Å². The lowest BCUT2D eigenvalue weighted by molar-refractivity contribution is -0.137. The van der Waals surface area contributed by atoms with E-state index in [0.717, 1.165) is 13.3 Å². The van der Waals surface area contributed by atoms with Crippen molar-refractivity contribution in [3.63, 3.8) is 0 Å². The van der Waals surface area contributed by atoms with Gasteiger partial charge in [-0.25, -0.2) is 32.3 Å². The first-order valence-electron chi connectivity index (χ1n) is 22.8. The van der Waals surface area contributed by atoms with Crippen molar-refractivity contribution in [2.24, 2.45) is 5.41 Å². The van der Waals surface area contributed by atoms with Crippen molar-refractivity contribution in [1.82, 2.24) is 14.9 Å². The summed E-state index contributed by atoms with van der Waals surface area (Å²) in [5, 5.41) is 6.10. The van der Waals surface area contributed by atoms with Gasteiger partial charge >= 0.3 is 12.3 Å². The lowest BCUT2D eigenvalue weighted by Gasteiger charge is -2.32. The van der Waals surface area contributed by atoms with Crippen molar-refractivity contribution in [2.75, 3.05) is 37.4 Å². The molecule has 9 rings (SSSR count). The molecule has 9 nitrogen and oxygen atoms in total. The number of hydrogen-bond donors (Lipinski definition) is 2. The van der Waals surface area contributed by atoms with E-state index in [4.69, 9.17) is 14.2 Å². The van der Waals surface area contributed by atoms with E-state index in [1.807, 2.05) is 19.1 Å². The van der Waals surface area contributed by atoms with Crippen LogP contribution in [-0.4, -0.2) is 64.8 Å². The third-order valence-corrected chi connectivity index (χ3v) is 14.3. The molecular formula is C51H54F7N5O4. The Hall–Kier alpha value is -5.64. The van der Waals surface area contributed by atoms with E-state index in [0.29, 0.717) is 65.6 Å². The Morgan fingerprint density at radius 1 is 0.985 bits per heavy atom. The molecular weight excluding hydrogens is 880 g/mol. The van der Waals surface area contributed by atoms with Gasteiger partial charge in [0.1, 0.15) is 35.3 Å². The Morgan fingerprint density at radius 3 is 2.42 bits per heavy atom. The normalized spacial score (nSPS) is 22.6. The van der Waals surface area contributed by atoms with Crippen LogP contribution in [0.1, 0.15) is 111 Å².